The van der Waals surface area contributed by atoms with Crippen molar-refractivity contribution in [2.24, 2.45) is 5.73 Å². The van der Waals surface area contributed by atoms with Crippen LogP contribution in [0.25, 0.3) is 0 Å². The molecule has 4 nitrogen and oxygen atoms in total. The first kappa shape index (κ1) is 11.5. The van der Waals surface area contributed by atoms with Gasteiger partial charge in [0.2, 0.25) is 0 Å². The number of hydrogen-bond acceptors (Lipinski definition) is 2. The normalized spacial score (nSPS) is 10.4. The molecule has 0 fully saturated rings. The van der Waals surface area contributed by atoms with Crippen LogP contribution in [0.15, 0.2) is 30.5 Å². The van der Waals surface area contributed by atoms with Crippen LogP contribution in [0.5, 0.6) is 0 Å². The molecule has 0 atom stereocenters. The molecule has 1 heterocycles. The number of amides is 1. The van der Waals surface area contributed by atoms with Crippen LogP contribution in [-0.2, 0) is 6.54 Å². The quantitative estimate of drug-likeness (QED) is 0.755. The van der Waals surface area contributed by atoms with Crippen LogP contribution >= 0.6 is 0 Å². The first-order chi connectivity index (χ1) is 8.06. The highest BCUT2D eigenvalue weighted by atomic mass is 16.1. The maximum atomic E-state index is 11.0. The molecular weight excluding hydrogens is 213 g/mol. The number of carbonyl (C=O) groups excluding carboxylic acids is 1. The van der Waals surface area contributed by atoms with Crippen molar-refractivity contribution >= 4 is 19.2 Å². The molecule has 0 aliphatic rings. The summed E-state index contributed by atoms with van der Waals surface area (Å²) in [5.74, 6) is -0.606. The van der Waals surface area contributed by atoms with Crippen molar-refractivity contribution in [3.63, 3.8) is 0 Å². The summed E-state index contributed by atoms with van der Waals surface area (Å²) in [6, 6.07) is 8.07. The SMILES string of the molecule is [B]c1cn(Cc2ccc(C)cc2)nc1C(N)=O. The molecule has 1 amide bonds. The number of primary amides is 1. The molecule has 0 spiro atoms. The first-order valence-corrected chi connectivity index (χ1v) is 5.24. The second kappa shape index (κ2) is 4.45. The van der Waals surface area contributed by atoms with Crippen LogP contribution in [0.3, 0.4) is 0 Å². The molecule has 17 heavy (non-hydrogen) atoms. The van der Waals surface area contributed by atoms with Gasteiger partial charge in [0, 0.05) is 6.20 Å². The van der Waals surface area contributed by atoms with Gasteiger partial charge >= 0.3 is 0 Å². The Bertz CT molecular complexity index is 545. The number of hydrogen-bond donors (Lipinski definition) is 1. The molecule has 0 aliphatic heterocycles. The second-order valence-electron chi connectivity index (χ2n) is 3.98. The minimum absolute atomic E-state index is 0.122. The summed E-state index contributed by atoms with van der Waals surface area (Å²) < 4.78 is 1.61. The molecular formula is C12H12BN3O. The van der Waals surface area contributed by atoms with E-state index >= 15 is 0 Å². The summed E-state index contributed by atoms with van der Waals surface area (Å²) in [6.45, 7) is 2.60. The largest absolute Gasteiger partial charge is 0.364 e. The van der Waals surface area contributed by atoms with E-state index in [1.807, 2.05) is 31.2 Å². The van der Waals surface area contributed by atoms with Crippen LogP contribution in [0.4, 0.5) is 0 Å². The number of aryl methyl sites for hydroxylation is 1. The van der Waals surface area contributed by atoms with E-state index in [0.717, 1.165) is 5.56 Å². The fraction of sp³-hybridized carbons (Fsp3) is 0.167. The van der Waals surface area contributed by atoms with E-state index in [0.29, 0.717) is 12.0 Å². The van der Waals surface area contributed by atoms with E-state index in [4.69, 9.17) is 13.6 Å². The van der Waals surface area contributed by atoms with Gasteiger partial charge < -0.3 is 5.73 Å². The average molecular weight is 225 g/mol. The molecule has 2 N–H and O–H groups in total. The third-order valence-corrected chi connectivity index (χ3v) is 2.49. The highest BCUT2D eigenvalue weighted by Gasteiger charge is 2.09. The van der Waals surface area contributed by atoms with Crippen molar-refractivity contribution < 1.29 is 4.79 Å². The van der Waals surface area contributed by atoms with Crippen LogP contribution < -0.4 is 11.2 Å². The Kier molecular flexibility index (Phi) is 3.00. The van der Waals surface area contributed by atoms with Crippen LogP contribution in [-0.4, -0.2) is 23.5 Å². The predicted molar refractivity (Wildman–Crippen MR) is 66.4 cm³/mol. The van der Waals surface area contributed by atoms with E-state index in [1.165, 1.54) is 5.56 Å². The number of benzene rings is 1. The standard InChI is InChI=1S/C12H12BN3O/c1-8-2-4-9(5-3-8)6-16-7-10(13)11(15-16)12(14)17/h2-5,7H,6H2,1H3,(H2,14,17). The molecule has 0 saturated carbocycles. The molecule has 84 valence electrons. The summed E-state index contributed by atoms with van der Waals surface area (Å²) in [4.78, 5) is 11.0. The van der Waals surface area contributed by atoms with Crippen molar-refractivity contribution in [3.8, 4) is 0 Å². The van der Waals surface area contributed by atoms with Gasteiger partial charge in [-0.3, -0.25) is 9.48 Å². The third-order valence-electron chi connectivity index (χ3n) is 2.49. The zero-order chi connectivity index (χ0) is 12.4. The Morgan fingerprint density at radius 2 is 2.06 bits per heavy atom. The maximum Gasteiger partial charge on any atom is 0.268 e. The monoisotopic (exact) mass is 225 g/mol. The summed E-state index contributed by atoms with van der Waals surface area (Å²) in [7, 11) is 5.64. The zero-order valence-electron chi connectivity index (χ0n) is 9.55. The Balaban J connectivity index is 2.22. The van der Waals surface area contributed by atoms with Gasteiger partial charge in [-0.05, 0) is 17.9 Å². The van der Waals surface area contributed by atoms with E-state index in [9.17, 15) is 4.79 Å². The molecule has 0 unspecified atom stereocenters. The van der Waals surface area contributed by atoms with E-state index in [2.05, 4.69) is 5.10 Å². The Labute approximate surface area is 101 Å². The minimum atomic E-state index is -0.606. The molecule has 1 aromatic carbocycles. The summed E-state index contributed by atoms with van der Waals surface area (Å²) in [5.41, 5.74) is 7.87. The molecule has 2 aromatic rings. The number of nitrogens with zero attached hydrogens (tertiary/aromatic N) is 2. The van der Waals surface area contributed by atoms with Crippen molar-refractivity contribution in [2.45, 2.75) is 13.5 Å². The van der Waals surface area contributed by atoms with E-state index in [-0.39, 0.29) is 5.69 Å². The summed E-state index contributed by atoms with van der Waals surface area (Å²) >= 11 is 0. The van der Waals surface area contributed by atoms with Gasteiger partial charge in [-0.15, -0.1) is 0 Å². The van der Waals surface area contributed by atoms with Crippen molar-refractivity contribution in [2.75, 3.05) is 0 Å². The maximum absolute atomic E-state index is 11.0. The average Bonchev–Trinajstić information content (AvgIpc) is 2.63. The minimum Gasteiger partial charge on any atom is -0.364 e. The fourth-order valence-corrected chi connectivity index (χ4v) is 1.59. The number of carbonyl (C=O) groups is 1. The summed E-state index contributed by atoms with van der Waals surface area (Å²) in [6.07, 6.45) is 1.61. The Morgan fingerprint density at radius 3 is 2.59 bits per heavy atom. The smallest absolute Gasteiger partial charge is 0.268 e. The molecule has 2 radical (unpaired) electrons. The van der Waals surface area contributed by atoms with Gasteiger partial charge in [-0.1, -0.05) is 29.8 Å². The molecule has 0 aliphatic carbocycles. The van der Waals surface area contributed by atoms with Gasteiger partial charge in [0.05, 0.1) is 6.54 Å². The van der Waals surface area contributed by atoms with E-state index in [1.54, 1.807) is 10.9 Å². The Morgan fingerprint density at radius 1 is 1.41 bits per heavy atom. The van der Waals surface area contributed by atoms with Gasteiger partial charge in [0.15, 0.2) is 0 Å². The second-order valence-corrected chi connectivity index (χ2v) is 3.98. The summed E-state index contributed by atoms with van der Waals surface area (Å²) in [5, 5.41) is 4.04. The lowest BCUT2D eigenvalue weighted by Crippen LogP contribution is -2.20. The highest BCUT2D eigenvalue weighted by molar-refractivity contribution is 6.35. The van der Waals surface area contributed by atoms with Crippen LogP contribution in [0, 0.1) is 6.92 Å². The van der Waals surface area contributed by atoms with Crippen LogP contribution in [0.2, 0.25) is 0 Å². The topological polar surface area (TPSA) is 60.9 Å². The number of nitrogens with two attached hydrogens (primary N) is 1. The van der Waals surface area contributed by atoms with Crippen molar-refractivity contribution in [1.29, 1.82) is 0 Å². The fourth-order valence-electron chi connectivity index (χ4n) is 1.59. The van der Waals surface area contributed by atoms with E-state index < -0.39 is 5.91 Å². The lowest BCUT2D eigenvalue weighted by Gasteiger charge is -2.02. The Hall–Kier alpha value is -2.04. The third kappa shape index (κ3) is 2.56. The zero-order valence-corrected chi connectivity index (χ0v) is 9.55. The predicted octanol–water partition coefficient (Wildman–Crippen LogP) is 0.133. The molecule has 5 heteroatoms. The van der Waals surface area contributed by atoms with Gasteiger partial charge in [0.1, 0.15) is 13.5 Å². The van der Waals surface area contributed by atoms with Crippen molar-refractivity contribution in [1.82, 2.24) is 9.78 Å². The van der Waals surface area contributed by atoms with Gasteiger partial charge in [-0.2, -0.15) is 5.10 Å². The number of rotatable bonds is 3. The van der Waals surface area contributed by atoms with Gasteiger partial charge in [-0.25, -0.2) is 0 Å². The van der Waals surface area contributed by atoms with Crippen LogP contribution in [0.1, 0.15) is 21.6 Å². The molecule has 0 bridgehead atoms. The van der Waals surface area contributed by atoms with Gasteiger partial charge in [0.25, 0.3) is 5.91 Å². The lowest BCUT2D eigenvalue weighted by atomic mass is 9.97. The van der Waals surface area contributed by atoms with Crippen molar-refractivity contribution in [3.05, 3.63) is 47.3 Å². The molecule has 0 saturated heterocycles. The highest BCUT2D eigenvalue weighted by Crippen LogP contribution is 2.05. The molecule has 2 rings (SSSR count). The molecule has 1 aromatic heterocycles. The number of aromatic nitrogens is 2. The lowest BCUT2D eigenvalue weighted by molar-refractivity contribution is 0.0996. The first-order valence-electron chi connectivity index (χ1n) is 5.24.